The van der Waals surface area contributed by atoms with E-state index >= 15 is 0 Å². The number of phosphoric acid groups is 2. The van der Waals surface area contributed by atoms with Gasteiger partial charge in [-0.3, -0.25) is 37.3 Å². The third-order valence-electron chi connectivity index (χ3n) is 18.4. The predicted molar refractivity (Wildman–Crippen MR) is 395 cm³/mol. The van der Waals surface area contributed by atoms with E-state index in [0.717, 1.165) is 103 Å². The van der Waals surface area contributed by atoms with Crippen LogP contribution >= 0.6 is 15.6 Å². The summed E-state index contributed by atoms with van der Waals surface area (Å²) in [6, 6.07) is 0. The number of esters is 4. The fourth-order valence-corrected chi connectivity index (χ4v) is 13.7. The van der Waals surface area contributed by atoms with Crippen molar-refractivity contribution in [1.82, 2.24) is 0 Å². The van der Waals surface area contributed by atoms with Gasteiger partial charge in [0.1, 0.15) is 19.3 Å². The zero-order valence-electron chi connectivity index (χ0n) is 63.1. The molecule has 0 rings (SSSR count). The molecule has 0 radical (unpaired) electrons. The van der Waals surface area contributed by atoms with E-state index in [1.807, 2.05) is 0 Å². The van der Waals surface area contributed by atoms with Gasteiger partial charge in [0.2, 0.25) is 0 Å². The van der Waals surface area contributed by atoms with Crippen molar-refractivity contribution in [3.8, 4) is 0 Å². The standard InChI is InChI=1S/C78H152O17P2/c1-5-9-13-17-21-25-27-29-31-33-35-36-37-39-41-43-45-47-49-53-57-61-65-78(83)95-74(69-89-76(81)63-59-55-52-48-46-44-42-40-38-34-32-30-28-26-22-18-14-10-6-2)71-93-97(86,87)91-67-72(79)66-90-96(84,85)92-70-73(94-77(82)64-60-56-51-24-20-16-12-8-4)68-88-75(80)62-58-54-50-23-19-15-11-7-3/h72-74,79H,5-71H2,1-4H3,(H,84,85)(H,86,87)/t72-,73+,74+/m0/s1. The van der Waals surface area contributed by atoms with Crippen LogP contribution in [0.1, 0.15) is 419 Å². The Kier molecular flexibility index (Phi) is 71.0. The highest BCUT2D eigenvalue weighted by Gasteiger charge is 2.30. The highest BCUT2D eigenvalue weighted by atomic mass is 31.2. The maximum atomic E-state index is 13.1. The van der Waals surface area contributed by atoms with Crippen LogP contribution in [0, 0.1) is 0 Å². The Labute approximate surface area is 594 Å². The first kappa shape index (κ1) is 95.1. The molecule has 0 saturated heterocycles. The molecule has 0 aliphatic rings. The number of hydrogen-bond donors (Lipinski definition) is 3. The minimum atomic E-state index is -4.96. The fourth-order valence-electron chi connectivity index (χ4n) is 12.1. The van der Waals surface area contributed by atoms with Crippen molar-refractivity contribution in [3.05, 3.63) is 0 Å². The Bertz CT molecular complexity index is 1840. The van der Waals surface area contributed by atoms with Crippen LogP contribution in [0.25, 0.3) is 0 Å². The summed E-state index contributed by atoms with van der Waals surface area (Å²) in [7, 11) is -9.90. The number of carbonyl (C=O) groups is 4. The van der Waals surface area contributed by atoms with Crippen LogP contribution < -0.4 is 0 Å². The third kappa shape index (κ3) is 72.2. The Morgan fingerprint density at radius 3 is 0.608 bits per heavy atom. The Balaban J connectivity index is 5.11. The van der Waals surface area contributed by atoms with E-state index in [0.29, 0.717) is 25.7 Å². The average Bonchev–Trinajstić information content (AvgIpc) is 1.13. The maximum absolute atomic E-state index is 13.1. The van der Waals surface area contributed by atoms with Gasteiger partial charge >= 0.3 is 39.5 Å². The molecule has 0 amide bonds. The smallest absolute Gasteiger partial charge is 0.462 e. The predicted octanol–water partition coefficient (Wildman–Crippen LogP) is 23.4. The van der Waals surface area contributed by atoms with Gasteiger partial charge in [-0.2, -0.15) is 0 Å². The number of carbonyl (C=O) groups excluding carboxylic acids is 4. The summed E-state index contributed by atoms with van der Waals surface area (Å²) < 4.78 is 68.4. The number of hydrogen-bond acceptors (Lipinski definition) is 15. The molecule has 19 heteroatoms. The summed E-state index contributed by atoms with van der Waals surface area (Å²) in [4.78, 5) is 72.6. The Morgan fingerprint density at radius 2 is 0.412 bits per heavy atom. The second-order valence-electron chi connectivity index (χ2n) is 28.1. The number of aliphatic hydroxyl groups is 1. The van der Waals surface area contributed by atoms with E-state index in [9.17, 15) is 43.2 Å². The van der Waals surface area contributed by atoms with Crippen molar-refractivity contribution < 1.29 is 80.2 Å². The molecule has 576 valence electrons. The molecule has 0 saturated carbocycles. The molecule has 0 heterocycles. The Morgan fingerprint density at radius 1 is 0.247 bits per heavy atom. The van der Waals surface area contributed by atoms with Crippen LogP contribution in [0.4, 0.5) is 0 Å². The van der Waals surface area contributed by atoms with Crippen LogP contribution in [0.2, 0.25) is 0 Å². The first-order valence-corrected chi connectivity index (χ1v) is 43.8. The van der Waals surface area contributed by atoms with Gasteiger partial charge < -0.3 is 33.8 Å². The SMILES string of the molecule is CCCCCCCCCCCCCCCCCCCCCCCCC(=O)O[C@H](COC(=O)CCCCCCCCCCCCCCCCCCCCC)COP(=O)(O)OC[C@@H](O)COP(=O)(O)OC[C@@H](COC(=O)CCCCCCCCCC)OC(=O)CCCCCCCCCC. The van der Waals surface area contributed by atoms with Crippen LogP contribution in [0.3, 0.4) is 0 Å². The molecule has 0 aliphatic heterocycles. The van der Waals surface area contributed by atoms with Gasteiger partial charge in [0.25, 0.3) is 0 Å². The van der Waals surface area contributed by atoms with Crippen molar-refractivity contribution >= 4 is 39.5 Å². The third-order valence-corrected chi connectivity index (χ3v) is 20.3. The zero-order chi connectivity index (χ0) is 71.1. The van der Waals surface area contributed by atoms with Crippen LogP contribution in [0.15, 0.2) is 0 Å². The molecular weight excluding hydrogens is 1270 g/mol. The minimum absolute atomic E-state index is 0.105. The van der Waals surface area contributed by atoms with E-state index in [4.69, 9.17) is 37.0 Å². The molecule has 0 aromatic heterocycles. The fraction of sp³-hybridized carbons (Fsp3) is 0.949. The van der Waals surface area contributed by atoms with E-state index in [-0.39, 0.29) is 25.7 Å². The second kappa shape index (κ2) is 72.4. The number of phosphoric ester groups is 2. The van der Waals surface area contributed by atoms with E-state index < -0.39 is 97.5 Å². The van der Waals surface area contributed by atoms with Gasteiger partial charge in [-0.15, -0.1) is 0 Å². The van der Waals surface area contributed by atoms with Crippen LogP contribution in [0.5, 0.6) is 0 Å². The average molecular weight is 1420 g/mol. The lowest BCUT2D eigenvalue weighted by Crippen LogP contribution is -2.30. The number of rotatable bonds is 79. The molecule has 0 aromatic rings. The van der Waals surface area contributed by atoms with E-state index in [2.05, 4.69) is 27.7 Å². The molecule has 2 unspecified atom stereocenters. The minimum Gasteiger partial charge on any atom is -0.462 e. The second-order valence-corrected chi connectivity index (χ2v) is 31.0. The monoisotopic (exact) mass is 1420 g/mol. The van der Waals surface area contributed by atoms with Crippen molar-refractivity contribution in [3.63, 3.8) is 0 Å². The van der Waals surface area contributed by atoms with Crippen LogP contribution in [-0.4, -0.2) is 96.7 Å². The molecule has 0 fully saturated rings. The summed E-state index contributed by atoms with van der Waals surface area (Å²) in [5, 5.41) is 10.6. The van der Waals surface area contributed by atoms with Gasteiger partial charge in [-0.05, 0) is 25.7 Å². The molecule has 0 spiro atoms. The first-order valence-electron chi connectivity index (χ1n) is 40.8. The summed E-state index contributed by atoms with van der Waals surface area (Å²) in [5.41, 5.74) is 0. The van der Waals surface area contributed by atoms with Gasteiger partial charge in [-0.25, -0.2) is 9.13 Å². The van der Waals surface area contributed by atoms with Gasteiger partial charge in [0, 0.05) is 25.7 Å². The normalized spacial score (nSPS) is 13.8. The maximum Gasteiger partial charge on any atom is 0.472 e. The van der Waals surface area contributed by atoms with Crippen molar-refractivity contribution in [1.29, 1.82) is 0 Å². The summed E-state index contributed by atoms with van der Waals surface area (Å²) in [6.07, 6.45) is 64.3. The molecule has 97 heavy (non-hydrogen) atoms. The summed E-state index contributed by atoms with van der Waals surface area (Å²) >= 11 is 0. The molecule has 0 bridgehead atoms. The molecule has 17 nitrogen and oxygen atoms in total. The number of ether oxygens (including phenoxy) is 4. The van der Waals surface area contributed by atoms with Crippen molar-refractivity contribution in [2.75, 3.05) is 39.6 Å². The van der Waals surface area contributed by atoms with E-state index in [1.165, 1.54) is 238 Å². The Hall–Kier alpha value is -1.94. The van der Waals surface area contributed by atoms with Gasteiger partial charge in [-0.1, -0.05) is 368 Å². The highest BCUT2D eigenvalue weighted by Crippen LogP contribution is 2.45. The lowest BCUT2D eigenvalue weighted by molar-refractivity contribution is -0.161. The summed E-state index contributed by atoms with van der Waals surface area (Å²) in [6.45, 7) is 4.93. The van der Waals surface area contributed by atoms with E-state index in [1.54, 1.807) is 0 Å². The van der Waals surface area contributed by atoms with Crippen molar-refractivity contribution in [2.45, 2.75) is 438 Å². The molecule has 5 atom stereocenters. The molecule has 0 aromatic carbocycles. The molecular formula is C78H152O17P2. The highest BCUT2D eigenvalue weighted by molar-refractivity contribution is 7.47. The lowest BCUT2D eigenvalue weighted by Gasteiger charge is -2.21. The topological polar surface area (TPSA) is 237 Å². The number of unbranched alkanes of at least 4 members (excludes halogenated alkanes) is 53. The largest absolute Gasteiger partial charge is 0.472 e. The quantitative estimate of drug-likeness (QED) is 0.0222. The summed E-state index contributed by atoms with van der Waals surface area (Å²) in [5.74, 6) is -2.12. The first-order chi connectivity index (χ1) is 47.2. The number of aliphatic hydroxyl groups excluding tert-OH is 1. The van der Waals surface area contributed by atoms with Gasteiger partial charge in [0.15, 0.2) is 12.2 Å². The molecule has 3 N–H and O–H groups in total. The van der Waals surface area contributed by atoms with Crippen molar-refractivity contribution in [2.24, 2.45) is 0 Å². The zero-order valence-corrected chi connectivity index (χ0v) is 64.8. The lowest BCUT2D eigenvalue weighted by atomic mass is 10.0. The van der Waals surface area contributed by atoms with Crippen LogP contribution in [-0.2, 0) is 65.4 Å². The van der Waals surface area contributed by atoms with Gasteiger partial charge in [0.05, 0.1) is 26.4 Å². The molecule has 0 aliphatic carbocycles.